The van der Waals surface area contributed by atoms with Gasteiger partial charge in [-0.05, 0) is 18.2 Å². The second kappa shape index (κ2) is 3.73. The molecule has 1 heterocycles. The van der Waals surface area contributed by atoms with Gasteiger partial charge in [-0.15, -0.1) is 0 Å². The Morgan fingerprint density at radius 1 is 1.44 bits per heavy atom. The molecule has 0 aliphatic rings. The zero-order chi connectivity index (χ0) is 11.7. The van der Waals surface area contributed by atoms with Crippen molar-refractivity contribution in [2.75, 3.05) is 18.7 Å². The lowest BCUT2D eigenvalue weighted by molar-refractivity contribution is 0.415. The van der Waals surface area contributed by atoms with Crippen molar-refractivity contribution in [3.05, 3.63) is 30.2 Å². The molecule has 6 heteroatoms. The molecule has 0 aliphatic heterocycles. The van der Waals surface area contributed by atoms with E-state index in [-0.39, 0.29) is 11.8 Å². The molecular formula is C10H11FN4O. The Labute approximate surface area is 91.4 Å². The van der Waals surface area contributed by atoms with Gasteiger partial charge in [0.25, 0.3) is 0 Å². The Morgan fingerprint density at radius 3 is 2.75 bits per heavy atom. The Kier molecular flexibility index (Phi) is 2.40. The lowest BCUT2D eigenvalue weighted by atomic mass is 10.1. The van der Waals surface area contributed by atoms with Crippen molar-refractivity contribution >= 4 is 5.95 Å². The fraction of sp³-hybridized carbons (Fsp3) is 0.100. The molecule has 1 aromatic carbocycles. The largest absolute Gasteiger partial charge is 0.496 e. The molecule has 0 atom stereocenters. The molecule has 1 aromatic heterocycles. The molecule has 4 N–H and O–H groups in total. The molecule has 0 radical (unpaired) electrons. The number of rotatable bonds is 2. The molecule has 0 spiro atoms. The smallest absolute Gasteiger partial charge is 0.219 e. The van der Waals surface area contributed by atoms with Gasteiger partial charge in [-0.1, -0.05) is 0 Å². The van der Waals surface area contributed by atoms with E-state index in [1.54, 1.807) is 0 Å². The third-order valence-electron chi connectivity index (χ3n) is 2.20. The number of aromatic nitrogens is 2. The molecular weight excluding hydrogens is 211 g/mol. The highest BCUT2D eigenvalue weighted by Gasteiger charge is 2.11. The first-order valence-electron chi connectivity index (χ1n) is 4.55. The van der Waals surface area contributed by atoms with Crippen molar-refractivity contribution < 1.29 is 9.13 Å². The van der Waals surface area contributed by atoms with E-state index in [4.69, 9.17) is 16.3 Å². The van der Waals surface area contributed by atoms with Crippen LogP contribution in [0.15, 0.2) is 24.4 Å². The lowest BCUT2D eigenvalue weighted by Crippen LogP contribution is -2.09. The van der Waals surface area contributed by atoms with Gasteiger partial charge in [0.05, 0.1) is 19.0 Å². The van der Waals surface area contributed by atoms with Crippen LogP contribution >= 0.6 is 0 Å². The van der Waals surface area contributed by atoms with E-state index in [1.807, 2.05) is 0 Å². The molecule has 0 saturated heterocycles. The molecule has 5 nitrogen and oxygen atoms in total. The summed E-state index contributed by atoms with van der Waals surface area (Å²) in [6, 6.07) is 4.15. The predicted molar refractivity (Wildman–Crippen MR) is 58.7 cm³/mol. The zero-order valence-electron chi connectivity index (χ0n) is 8.64. The van der Waals surface area contributed by atoms with E-state index in [1.165, 1.54) is 36.2 Å². The minimum Gasteiger partial charge on any atom is -0.496 e. The maximum atomic E-state index is 13.1. The Bertz CT molecular complexity index is 504. The van der Waals surface area contributed by atoms with Gasteiger partial charge in [-0.25, -0.2) is 14.1 Å². The van der Waals surface area contributed by atoms with Crippen molar-refractivity contribution in [3.63, 3.8) is 0 Å². The van der Waals surface area contributed by atoms with E-state index in [0.29, 0.717) is 17.0 Å². The topological polar surface area (TPSA) is 79.1 Å². The summed E-state index contributed by atoms with van der Waals surface area (Å²) in [5.74, 6) is 5.80. The maximum Gasteiger partial charge on any atom is 0.219 e. The molecule has 0 aliphatic carbocycles. The number of nitrogens with two attached hydrogens (primary N) is 2. The Morgan fingerprint density at radius 2 is 2.19 bits per heavy atom. The zero-order valence-corrected chi connectivity index (χ0v) is 8.64. The lowest BCUT2D eigenvalue weighted by Gasteiger charge is -2.05. The molecule has 0 bridgehead atoms. The second-order valence-corrected chi connectivity index (χ2v) is 3.24. The molecule has 2 aromatic rings. The highest BCUT2D eigenvalue weighted by atomic mass is 19.1. The van der Waals surface area contributed by atoms with Crippen molar-refractivity contribution in [2.24, 2.45) is 0 Å². The van der Waals surface area contributed by atoms with Crippen LogP contribution in [0.5, 0.6) is 5.75 Å². The number of benzene rings is 1. The van der Waals surface area contributed by atoms with Gasteiger partial charge < -0.3 is 16.3 Å². The molecule has 0 fully saturated rings. The molecule has 0 unspecified atom stereocenters. The second-order valence-electron chi connectivity index (χ2n) is 3.24. The van der Waals surface area contributed by atoms with E-state index in [0.717, 1.165) is 0 Å². The van der Waals surface area contributed by atoms with Crippen LogP contribution in [-0.2, 0) is 0 Å². The standard InChI is InChI=1S/C10H11FN4O/c1-16-9-3-2-6(11)4-7(9)8-5-15(13)10(12)14-8/h2-5H,13H2,1H3,(H2,12,14). The van der Waals surface area contributed by atoms with Crippen molar-refractivity contribution in [1.29, 1.82) is 0 Å². The SMILES string of the molecule is COc1ccc(F)cc1-c1cn(N)c(N)n1. The summed E-state index contributed by atoms with van der Waals surface area (Å²) in [6.07, 6.45) is 1.51. The molecule has 2 rings (SSSR count). The maximum absolute atomic E-state index is 13.1. The Hall–Kier alpha value is -2.24. The Balaban J connectivity index is 2.57. The summed E-state index contributed by atoms with van der Waals surface area (Å²) < 4.78 is 19.4. The number of hydrogen-bond donors (Lipinski definition) is 2. The molecule has 0 amide bonds. The van der Waals surface area contributed by atoms with Crippen molar-refractivity contribution in [3.8, 4) is 17.0 Å². The number of ether oxygens (including phenoxy) is 1. The quantitative estimate of drug-likeness (QED) is 0.743. The van der Waals surface area contributed by atoms with Crippen LogP contribution in [0, 0.1) is 5.82 Å². The summed E-state index contributed by atoms with van der Waals surface area (Å²) in [4.78, 5) is 4.00. The summed E-state index contributed by atoms with van der Waals surface area (Å²) in [5, 5.41) is 0. The van der Waals surface area contributed by atoms with Crippen molar-refractivity contribution in [2.45, 2.75) is 0 Å². The van der Waals surface area contributed by atoms with E-state index < -0.39 is 0 Å². The average molecular weight is 222 g/mol. The first-order chi connectivity index (χ1) is 7.61. The van der Waals surface area contributed by atoms with Crippen LogP contribution in [-0.4, -0.2) is 16.8 Å². The molecule has 84 valence electrons. The summed E-state index contributed by atoms with van der Waals surface area (Å²) >= 11 is 0. The summed E-state index contributed by atoms with van der Waals surface area (Å²) in [5.41, 5.74) is 6.48. The number of methoxy groups -OCH3 is 1. The van der Waals surface area contributed by atoms with Crippen LogP contribution in [0.3, 0.4) is 0 Å². The number of anilines is 1. The van der Waals surface area contributed by atoms with Crippen molar-refractivity contribution in [1.82, 2.24) is 9.66 Å². The first-order valence-corrected chi connectivity index (χ1v) is 4.55. The summed E-state index contributed by atoms with van der Waals surface area (Å²) in [6.45, 7) is 0. The van der Waals surface area contributed by atoms with Gasteiger partial charge in [-0.2, -0.15) is 0 Å². The third kappa shape index (κ3) is 1.65. The normalized spacial score (nSPS) is 10.4. The summed E-state index contributed by atoms with van der Waals surface area (Å²) in [7, 11) is 1.50. The minimum absolute atomic E-state index is 0.154. The fourth-order valence-electron chi connectivity index (χ4n) is 1.42. The van der Waals surface area contributed by atoms with Gasteiger partial charge in [-0.3, -0.25) is 0 Å². The first kappa shape index (κ1) is 10.3. The van der Waals surface area contributed by atoms with Gasteiger partial charge >= 0.3 is 0 Å². The molecule has 16 heavy (non-hydrogen) atoms. The third-order valence-corrected chi connectivity index (χ3v) is 2.20. The van der Waals surface area contributed by atoms with E-state index in [2.05, 4.69) is 4.98 Å². The molecule has 0 saturated carbocycles. The van der Waals surface area contributed by atoms with E-state index in [9.17, 15) is 4.39 Å². The average Bonchev–Trinajstić information content (AvgIpc) is 2.59. The van der Waals surface area contributed by atoms with Gasteiger partial charge in [0.15, 0.2) is 0 Å². The van der Waals surface area contributed by atoms with Crippen LogP contribution in [0.4, 0.5) is 10.3 Å². The van der Waals surface area contributed by atoms with Crippen LogP contribution in [0.2, 0.25) is 0 Å². The number of nitrogens with zero attached hydrogens (tertiary/aromatic N) is 2. The fourth-order valence-corrected chi connectivity index (χ4v) is 1.42. The van der Waals surface area contributed by atoms with Crippen LogP contribution < -0.4 is 16.3 Å². The number of hydrogen-bond acceptors (Lipinski definition) is 4. The van der Waals surface area contributed by atoms with Gasteiger partial charge in [0.1, 0.15) is 11.6 Å². The van der Waals surface area contributed by atoms with Gasteiger partial charge in [0.2, 0.25) is 5.95 Å². The highest BCUT2D eigenvalue weighted by Crippen LogP contribution is 2.29. The van der Waals surface area contributed by atoms with Gasteiger partial charge in [0, 0.05) is 5.56 Å². The monoisotopic (exact) mass is 222 g/mol. The number of imidazole rings is 1. The van der Waals surface area contributed by atoms with E-state index >= 15 is 0 Å². The van der Waals surface area contributed by atoms with Crippen LogP contribution in [0.1, 0.15) is 0 Å². The number of nitrogen functional groups attached to an aromatic ring is 2. The van der Waals surface area contributed by atoms with Crippen LogP contribution in [0.25, 0.3) is 11.3 Å². The highest BCUT2D eigenvalue weighted by molar-refractivity contribution is 5.68. The minimum atomic E-state index is -0.374. The predicted octanol–water partition coefficient (Wildman–Crippen LogP) is 0.994. The number of halogens is 1.